The molecular formula is C22H17ClN4O2S. The van der Waals surface area contributed by atoms with Gasteiger partial charge in [-0.3, -0.25) is 14.2 Å². The van der Waals surface area contributed by atoms with Crippen LogP contribution in [-0.4, -0.2) is 26.2 Å². The summed E-state index contributed by atoms with van der Waals surface area (Å²) in [4.78, 5) is 34.2. The molecule has 1 N–H and O–H groups in total. The summed E-state index contributed by atoms with van der Waals surface area (Å²) in [5, 5.41) is 4.23. The number of hydrogen-bond donors (Lipinski definition) is 1. The summed E-state index contributed by atoms with van der Waals surface area (Å²) in [5.41, 5.74) is 1.76. The van der Waals surface area contributed by atoms with Crippen LogP contribution in [0.5, 0.6) is 0 Å². The van der Waals surface area contributed by atoms with Gasteiger partial charge in [-0.05, 0) is 35.9 Å². The fraction of sp³-hybridized carbons (Fsp3) is 0.0909. The molecule has 0 aliphatic carbocycles. The second-order valence-corrected chi connectivity index (χ2v) is 7.87. The molecule has 1 amide bonds. The molecule has 0 aliphatic rings. The summed E-state index contributed by atoms with van der Waals surface area (Å²) in [6, 6.07) is 20.0. The van der Waals surface area contributed by atoms with Crippen LogP contribution in [0.25, 0.3) is 11.0 Å². The van der Waals surface area contributed by atoms with Crippen molar-refractivity contribution in [3.8, 4) is 0 Å². The fourth-order valence-corrected chi connectivity index (χ4v) is 3.92. The normalized spacial score (nSPS) is 10.8. The van der Waals surface area contributed by atoms with Crippen molar-refractivity contribution < 1.29 is 4.79 Å². The van der Waals surface area contributed by atoms with Gasteiger partial charge in [0.25, 0.3) is 5.56 Å². The Labute approximate surface area is 181 Å². The molecule has 4 aromatic rings. The molecule has 0 fully saturated rings. The molecule has 2 aromatic carbocycles. The van der Waals surface area contributed by atoms with E-state index in [2.05, 4.69) is 15.3 Å². The van der Waals surface area contributed by atoms with Gasteiger partial charge in [-0.15, -0.1) is 0 Å². The zero-order chi connectivity index (χ0) is 20.9. The molecular weight excluding hydrogens is 420 g/mol. The Balaban J connectivity index is 1.61. The number of hydrogen-bond acceptors (Lipinski definition) is 5. The van der Waals surface area contributed by atoms with Crippen molar-refractivity contribution in [1.29, 1.82) is 0 Å². The van der Waals surface area contributed by atoms with Gasteiger partial charge < -0.3 is 5.32 Å². The van der Waals surface area contributed by atoms with E-state index in [9.17, 15) is 9.59 Å². The van der Waals surface area contributed by atoms with Crippen LogP contribution in [0.1, 0.15) is 5.56 Å². The molecule has 0 aliphatic heterocycles. The number of carbonyl (C=O) groups excluding carboxylic acids is 1. The molecule has 2 heterocycles. The van der Waals surface area contributed by atoms with Crippen molar-refractivity contribution >= 4 is 46.0 Å². The number of amides is 1. The lowest BCUT2D eigenvalue weighted by atomic mass is 10.2. The number of halogens is 1. The SMILES string of the molecule is O=C(CSc1nc2ncccc2c(=O)n1Cc1ccccc1)Nc1cccc(Cl)c1. The number of rotatable bonds is 6. The Morgan fingerprint density at radius 1 is 1.07 bits per heavy atom. The summed E-state index contributed by atoms with van der Waals surface area (Å²) < 4.78 is 1.58. The largest absolute Gasteiger partial charge is 0.325 e. The van der Waals surface area contributed by atoms with Crippen LogP contribution in [-0.2, 0) is 11.3 Å². The molecule has 0 spiro atoms. The van der Waals surface area contributed by atoms with Crippen LogP contribution in [0, 0.1) is 0 Å². The molecule has 0 radical (unpaired) electrons. The first-order valence-corrected chi connectivity index (χ1v) is 10.5. The van der Waals surface area contributed by atoms with Crippen LogP contribution in [0.4, 0.5) is 5.69 Å². The molecule has 8 heteroatoms. The van der Waals surface area contributed by atoms with Crippen molar-refractivity contribution in [2.24, 2.45) is 0 Å². The highest BCUT2D eigenvalue weighted by Crippen LogP contribution is 2.20. The summed E-state index contributed by atoms with van der Waals surface area (Å²) in [5.74, 6) is -0.129. The highest BCUT2D eigenvalue weighted by atomic mass is 35.5. The number of pyridine rings is 1. The van der Waals surface area contributed by atoms with Crippen molar-refractivity contribution in [2.45, 2.75) is 11.7 Å². The number of nitrogens with zero attached hydrogens (tertiary/aromatic N) is 3. The molecule has 30 heavy (non-hydrogen) atoms. The zero-order valence-electron chi connectivity index (χ0n) is 15.8. The van der Waals surface area contributed by atoms with E-state index in [0.717, 1.165) is 5.56 Å². The minimum absolute atomic E-state index is 0.0894. The molecule has 6 nitrogen and oxygen atoms in total. The van der Waals surface area contributed by atoms with Gasteiger partial charge in [0.15, 0.2) is 10.8 Å². The van der Waals surface area contributed by atoms with Gasteiger partial charge in [-0.2, -0.15) is 0 Å². The predicted octanol–water partition coefficient (Wildman–Crippen LogP) is 4.22. The lowest BCUT2D eigenvalue weighted by Gasteiger charge is -2.13. The third-order valence-electron chi connectivity index (χ3n) is 4.32. The van der Waals surface area contributed by atoms with E-state index < -0.39 is 0 Å². The predicted molar refractivity (Wildman–Crippen MR) is 120 cm³/mol. The van der Waals surface area contributed by atoms with Gasteiger partial charge in [-0.1, -0.05) is 59.8 Å². The number of benzene rings is 2. The van der Waals surface area contributed by atoms with Crippen LogP contribution >= 0.6 is 23.4 Å². The third kappa shape index (κ3) is 4.69. The van der Waals surface area contributed by atoms with Crippen molar-refractivity contribution in [1.82, 2.24) is 14.5 Å². The molecule has 0 saturated carbocycles. The van der Waals surface area contributed by atoms with Gasteiger partial charge in [-0.25, -0.2) is 9.97 Å². The van der Waals surface area contributed by atoms with Gasteiger partial charge in [0.1, 0.15) is 0 Å². The number of nitrogens with one attached hydrogen (secondary N) is 1. The van der Waals surface area contributed by atoms with E-state index >= 15 is 0 Å². The Kier molecular flexibility index (Phi) is 6.11. The van der Waals surface area contributed by atoms with Gasteiger partial charge in [0.05, 0.1) is 17.7 Å². The van der Waals surface area contributed by atoms with Crippen LogP contribution in [0.2, 0.25) is 5.02 Å². The number of fused-ring (bicyclic) bond motifs is 1. The molecule has 0 unspecified atom stereocenters. The second-order valence-electron chi connectivity index (χ2n) is 6.49. The first-order chi connectivity index (χ1) is 14.6. The standard InChI is InChI=1S/C22H17ClN4O2S/c23-16-8-4-9-17(12-16)25-19(28)14-30-22-26-20-18(10-5-11-24-20)21(29)27(22)13-15-6-2-1-3-7-15/h1-12H,13-14H2,(H,25,28). The summed E-state index contributed by atoms with van der Waals surface area (Å²) in [6.07, 6.45) is 1.59. The highest BCUT2D eigenvalue weighted by Gasteiger charge is 2.14. The van der Waals surface area contributed by atoms with Gasteiger partial charge >= 0.3 is 0 Å². The van der Waals surface area contributed by atoms with Crippen LogP contribution in [0.15, 0.2) is 82.9 Å². The Morgan fingerprint density at radius 2 is 1.90 bits per heavy atom. The highest BCUT2D eigenvalue weighted by molar-refractivity contribution is 7.99. The number of anilines is 1. The minimum Gasteiger partial charge on any atom is -0.325 e. The third-order valence-corrected chi connectivity index (χ3v) is 5.53. The maximum absolute atomic E-state index is 13.1. The quantitative estimate of drug-likeness (QED) is 0.361. The topological polar surface area (TPSA) is 76.9 Å². The zero-order valence-corrected chi connectivity index (χ0v) is 17.4. The average Bonchev–Trinajstić information content (AvgIpc) is 2.75. The monoisotopic (exact) mass is 436 g/mol. The van der Waals surface area contributed by atoms with Crippen molar-refractivity contribution in [3.63, 3.8) is 0 Å². The Morgan fingerprint density at radius 3 is 2.70 bits per heavy atom. The average molecular weight is 437 g/mol. The number of aromatic nitrogens is 3. The van der Waals surface area contributed by atoms with E-state index in [1.54, 1.807) is 47.2 Å². The fourth-order valence-electron chi connectivity index (χ4n) is 2.95. The smallest absolute Gasteiger partial charge is 0.263 e. The second kappa shape index (κ2) is 9.11. The van der Waals surface area contributed by atoms with E-state index in [0.29, 0.717) is 33.4 Å². The molecule has 0 atom stereocenters. The lowest BCUT2D eigenvalue weighted by molar-refractivity contribution is -0.113. The van der Waals surface area contributed by atoms with E-state index in [-0.39, 0.29) is 17.2 Å². The number of thioether (sulfide) groups is 1. The molecule has 0 saturated heterocycles. The summed E-state index contributed by atoms with van der Waals surface area (Å²) in [6.45, 7) is 0.357. The lowest BCUT2D eigenvalue weighted by Crippen LogP contribution is -2.25. The maximum Gasteiger partial charge on any atom is 0.263 e. The van der Waals surface area contributed by atoms with Gasteiger partial charge in [0.2, 0.25) is 5.91 Å². The number of carbonyl (C=O) groups is 1. The first kappa shape index (κ1) is 20.1. The van der Waals surface area contributed by atoms with Crippen molar-refractivity contribution in [3.05, 3.63) is 93.9 Å². The maximum atomic E-state index is 13.1. The van der Waals surface area contributed by atoms with E-state index in [1.807, 2.05) is 30.3 Å². The van der Waals surface area contributed by atoms with Crippen LogP contribution in [0.3, 0.4) is 0 Å². The van der Waals surface area contributed by atoms with Crippen LogP contribution < -0.4 is 10.9 Å². The first-order valence-electron chi connectivity index (χ1n) is 9.18. The molecule has 2 aromatic heterocycles. The minimum atomic E-state index is -0.219. The Bertz CT molecular complexity index is 1260. The molecule has 0 bridgehead atoms. The molecule has 4 rings (SSSR count). The Hall–Kier alpha value is -3.16. The summed E-state index contributed by atoms with van der Waals surface area (Å²) >= 11 is 7.15. The van der Waals surface area contributed by atoms with E-state index in [4.69, 9.17) is 11.6 Å². The summed E-state index contributed by atoms with van der Waals surface area (Å²) in [7, 11) is 0. The molecule has 150 valence electrons. The van der Waals surface area contributed by atoms with Gasteiger partial charge in [0, 0.05) is 16.9 Å². The van der Waals surface area contributed by atoms with E-state index in [1.165, 1.54) is 11.8 Å². The van der Waals surface area contributed by atoms with Crippen molar-refractivity contribution in [2.75, 3.05) is 11.1 Å².